The van der Waals surface area contributed by atoms with E-state index >= 15 is 0 Å². The smallest absolute Gasteiger partial charge is 0.319 e. The molecule has 15 heavy (non-hydrogen) atoms. The molecule has 0 aromatic heterocycles. The van der Waals surface area contributed by atoms with Crippen LogP contribution >= 0.6 is 11.8 Å². The number of aromatic hydroxyl groups is 1. The molecular weight excluding hydrogens is 212 g/mol. The third kappa shape index (κ3) is 2.26. The Morgan fingerprint density at radius 1 is 1.47 bits per heavy atom. The van der Waals surface area contributed by atoms with Crippen molar-refractivity contribution in [1.29, 1.82) is 0 Å². The van der Waals surface area contributed by atoms with Gasteiger partial charge in [0.2, 0.25) is 0 Å². The van der Waals surface area contributed by atoms with E-state index in [0.29, 0.717) is 6.42 Å². The molecule has 1 aromatic rings. The number of phenolic OH excluding ortho intramolecular Hbond substituents is 1. The fourth-order valence-electron chi connectivity index (χ4n) is 1.53. The lowest BCUT2D eigenvalue weighted by Crippen LogP contribution is -2.09. The van der Waals surface area contributed by atoms with Gasteiger partial charge in [-0.25, -0.2) is 0 Å². The number of thioether (sulfide) groups is 1. The first-order valence-corrected chi connectivity index (χ1v) is 5.70. The monoisotopic (exact) mass is 224 g/mol. The number of carbonyl (C=O) groups excluding carboxylic acids is 1. The van der Waals surface area contributed by atoms with Gasteiger partial charge in [0, 0.05) is 11.3 Å². The van der Waals surface area contributed by atoms with E-state index in [-0.39, 0.29) is 23.1 Å². The summed E-state index contributed by atoms with van der Waals surface area (Å²) < 4.78 is 5.04. The summed E-state index contributed by atoms with van der Waals surface area (Å²) in [5, 5.41) is 9.36. The molecule has 1 aliphatic heterocycles. The van der Waals surface area contributed by atoms with Crippen LogP contribution in [-0.2, 0) is 9.53 Å². The third-order valence-electron chi connectivity index (χ3n) is 2.26. The number of cyclic esters (lactones) is 1. The molecule has 80 valence electrons. The first-order chi connectivity index (χ1) is 7.16. The van der Waals surface area contributed by atoms with Gasteiger partial charge in [0.25, 0.3) is 0 Å². The summed E-state index contributed by atoms with van der Waals surface area (Å²) in [6.45, 7) is 1.88. The first kappa shape index (κ1) is 10.4. The molecule has 1 fully saturated rings. The lowest BCUT2D eigenvalue weighted by Gasteiger charge is -2.06. The second-order valence-electron chi connectivity index (χ2n) is 3.56. The van der Waals surface area contributed by atoms with Crippen molar-refractivity contribution in [2.75, 3.05) is 0 Å². The fraction of sp³-hybridized carbons (Fsp3) is 0.364. The van der Waals surface area contributed by atoms with Crippen LogP contribution in [0.4, 0.5) is 0 Å². The number of rotatable bonds is 2. The van der Waals surface area contributed by atoms with Crippen molar-refractivity contribution in [2.45, 2.75) is 29.6 Å². The van der Waals surface area contributed by atoms with E-state index in [1.54, 1.807) is 18.2 Å². The van der Waals surface area contributed by atoms with E-state index in [4.69, 9.17) is 4.74 Å². The molecule has 2 atom stereocenters. The van der Waals surface area contributed by atoms with Gasteiger partial charge in [-0.3, -0.25) is 4.79 Å². The normalized spacial score (nSPS) is 25.3. The van der Waals surface area contributed by atoms with Gasteiger partial charge >= 0.3 is 5.97 Å². The summed E-state index contributed by atoms with van der Waals surface area (Å²) in [7, 11) is 0. The van der Waals surface area contributed by atoms with Crippen molar-refractivity contribution in [3.05, 3.63) is 24.3 Å². The minimum Gasteiger partial charge on any atom is -0.507 e. The van der Waals surface area contributed by atoms with Crippen LogP contribution in [0.5, 0.6) is 5.75 Å². The van der Waals surface area contributed by atoms with Crippen molar-refractivity contribution >= 4 is 17.7 Å². The molecule has 3 nitrogen and oxygen atoms in total. The molecule has 4 heteroatoms. The molecular formula is C11H12O3S. The number of carbonyl (C=O) groups is 1. The third-order valence-corrected chi connectivity index (χ3v) is 3.53. The predicted octanol–water partition coefficient (Wildman–Crippen LogP) is 2.19. The highest BCUT2D eigenvalue weighted by Crippen LogP contribution is 2.36. The quantitative estimate of drug-likeness (QED) is 0.782. The summed E-state index contributed by atoms with van der Waals surface area (Å²) in [6, 6.07) is 7.02. The molecule has 0 spiro atoms. The van der Waals surface area contributed by atoms with Gasteiger partial charge in [-0.05, 0) is 19.1 Å². The molecule has 1 saturated heterocycles. The van der Waals surface area contributed by atoms with E-state index < -0.39 is 0 Å². The van der Waals surface area contributed by atoms with Gasteiger partial charge < -0.3 is 9.84 Å². The molecule has 1 N–H and O–H groups in total. The number of ether oxygens (including phenoxy) is 1. The Hall–Kier alpha value is -1.16. The second kappa shape index (κ2) is 4.14. The van der Waals surface area contributed by atoms with Gasteiger partial charge in [-0.2, -0.15) is 0 Å². The van der Waals surface area contributed by atoms with Crippen molar-refractivity contribution in [2.24, 2.45) is 0 Å². The van der Waals surface area contributed by atoms with Crippen molar-refractivity contribution < 1.29 is 14.6 Å². The highest BCUT2D eigenvalue weighted by atomic mass is 32.2. The summed E-state index contributed by atoms with van der Waals surface area (Å²) in [5.74, 6) is 0.0330. The molecule has 0 bridgehead atoms. The maximum atomic E-state index is 11.4. The lowest BCUT2D eigenvalue weighted by atomic mass is 10.3. The van der Waals surface area contributed by atoms with E-state index in [1.807, 2.05) is 13.0 Å². The minimum absolute atomic E-state index is 0.0131. The van der Waals surface area contributed by atoms with Crippen LogP contribution in [0.3, 0.4) is 0 Å². The van der Waals surface area contributed by atoms with Crippen LogP contribution in [0.25, 0.3) is 0 Å². The molecule has 1 heterocycles. The van der Waals surface area contributed by atoms with E-state index in [0.717, 1.165) is 4.90 Å². The van der Waals surface area contributed by atoms with E-state index in [2.05, 4.69) is 0 Å². The van der Waals surface area contributed by atoms with Crippen molar-refractivity contribution in [3.63, 3.8) is 0 Å². The highest BCUT2D eigenvalue weighted by molar-refractivity contribution is 8.00. The van der Waals surface area contributed by atoms with Gasteiger partial charge in [0.15, 0.2) is 0 Å². The summed E-state index contributed by atoms with van der Waals surface area (Å²) >= 11 is 1.37. The lowest BCUT2D eigenvalue weighted by molar-refractivity contribution is -0.140. The summed E-state index contributed by atoms with van der Waals surface area (Å²) in [4.78, 5) is 12.1. The number of esters is 1. The number of benzene rings is 1. The van der Waals surface area contributed by atoms with Crippen LogP contribution in [0.15, 0.2) is 29.2 Å². The van der Waals surface area contributed by atoms with Gasteiger partial charge in [-0.1, -0.05) is 12.1 Å². The number of hydrogen-bond donors (Lipinski definition) is 1. The Bertz CT molecular complexity index is 378. The Morgan fingerprint density at radius 3 is 2.80 bits per heavy atom. The standard InChI is InChI=1S/C11H12O3S/c1-7-6-10(11(13)14-7)15-9-5-3-2-4-8(9)12/h2-5,7,10,12H,6H2,1H3. The Balaban J connectivity index is 2.09. The maximum absolute atomic E-state index is 11.4. The van der Waals surface area contributed by atoms with Crippen LogP contribution in [-0.4, -0.2) is 22.4 Å². The Kier molecular flexibility index (Phi) is 2.86. The SMILES string of the molecule is CC1CC(Sc2ccccc2O)C(=O)O1. The summed E-state index contributed by atoms with van der Waals surface area (Å²) in [5.41, 5.74) is 0. The van der Waals surface area contributed by atoms with E-state index in [1.165, 1.54) is 11.8 Å². The van der Waals surface area contributed by atoms with Crippen LogP contribution < -0.4 is 0 Å². The largest absolute Gasteiger partial charge is 0.507 e. The average Bonchev–Trinajstić information content (AvgIpc) is 2.49. The molecule has 0 amide bonds. The molecule has 0 radical (unpaired) electrons. The topological polar surface area (TPSA) is 46.5 Å². The minimum atomic E-state index is -0.187. The summed E-state index contributed by atoms with van der Waals surface area (Å²) in [6.07, 6.45) is 0.693. The van der Waals surface area contributed by atoms with Crippen LogP contribution in [0.1, 0.15) is 13.3 Å². The maximum Gasteiger partial charge on any atom is 0.319 e. The molecule has 0 saturated carbocycles. The van der Waals surface area contributed by atoms with Crippen molar-refractivity contribution in [3.8, 4) is 5.75 Å². The molecule has 0 aliphatic carbocycles. The zero-order valence-electron chi connectivity index (χ0n) is 8.34. The Labute approximate surface area is 92.4 Å². The molecule has 2 unspecified atom stereocenters. The number of phenols is 1. The molecule has 1 aromatic carbocycles. The highest BCUT2D eigenvalue weighted by Gasteiger charge is 2.32. The van der Waals surface area contributed by atoms with E-state index in [9.17, 15) is 9.90 Å². The van der Waals surface area contributed by atoms with Crippen molar-refractivity contribution in [1.82, 2.24) is 0 Å². The predicted molar refractivity (Wildman–Crippen MR) is 57.9 cm³/mol. The van der Waals surface area contributed by atoms with Gasteiger partial charge in [0.1, 0.15) is 17.1 Å². The zero-order valence-corrected chi connectivity index (χ0v) is 9.16. The number of para-hydroxylation sites is 1. The molecule has 2 rings (SSSR count). The second-order valence-corrected chi connectivity index (χ2v) is 4.80. The molecule has 1 aliphatic rings. The number of hydrogen-bond acceptors (Lipinski definition) is 4. The van der Waals surface area contributed by atoms with Crippen LogP contribution in [0, 0.1) is 0 Å². The fourth-order valence-corrected chi connectivity index (χ4v) is 2.70. The zero-order chi connectivity index (χ0) is 10.8. The first-order valence-electron chi connectivity index (χ1n) is 4.82. The Morgan fingerprint density at radius 2 is 2.20 bits per heavy atom. The van der Waals surface area contributed by atoms with Crippen LogP contribution in [0.2, 0.25) is 0 Å². The van der Waals surface area contributed by atoms with Gasteiger partial charge in [0.05, 0.1) is 0 Å². The van der Waals surface area contributed by atoms with Gasteiger partial charge in [-0.15, -0.1) is 11.8 Å². The average molecular weight is 224 g/mol.